The Balaban J connectivity index is 3.50. The molecule has 1 rings (SSSR count). The van der Waals surface area contributed by atoms with Crippen molar-refractivity contribution in [1.29, 1.82) is 0 Å². The molecule has 0 aliphatic carbocycles. The van der Waals surface area contributed by atoms with Crippen molar-refractivity contribution in [2.75, 3.05) is 13.2 Å². The van der Waals surface area contributed by atoms with Crippen molar-refractivity contribution < 1.29 is 142 Å². The van der Waals surface area contributed by atoms with Gasteiger partial charge >= 0.3 is 35.8 Å². The lowest BCUT2D eigenvalue weighted by Crippen LogP contribution is -2.62. The minimum Gasteiger partial charge on any atom is -0.481 e. The van der Waals surface area contributed by atoms with Crippen molar-refractivity contribution in [3.63, 3.8) is 0 Å². The number of nitrogens with two attached hydrogens (primary N) is 3. The van der Waals surface area contributed by atoms with Gasteiger partial charge in [0, 0.05) is 32.1 Å². The maximum Gasteiger partial charge on any atom is 0.326 e. The van der Waals surface area contributed by atoms with E-state index in [4.69, 9.17) is 17.2 Å². The molecule has 0 unspecified atom stereocenters. The molecule has 0 aliphatic heterocycles. The Morgan fingerprint density at radius 3 is 1.22 bits per heavy atom. The van der Waals surface area contributed by atoms with Gasteiger partial charge in [-0.2, -0.15) is 0 Å². The molecule has 0 aromatic heterocycles. The van der Waals surface area contributed by atoms with Gasteiger partial charge in [-0.3, -0.25) is 91.1 Å². The highest BCUT2D eigenvalue weighted by molar-refractivity contribution is 6.00. The molecule has 14 amide bonds. The van der Waals surface area contributed by atoms with E-state index in [0.717, 1.165) is 13.8 Å². The summed E-state index contributed by atoms with van der Waals surface area (Å²) in [6.45, 7) is 10.1. The summed E-state index contributed by atoms with van der Waals surface area (Å²) in [5, 5.41) is 119. The number of carboxylic acids is 6. The SMILES string of the molecule is CC[C@H](C)[C@H](NC(=O)[C@H](CCC(=O)O)NC(=O)[C@H](CCC(=O)O)NC(=O)[C@@H](NC(=O)[C@@H](N)CCCCN)[C@@H](C)O)C(=O)N[C@@H](CO)C(=O)N[C@@H](CCC(=O)O)C(=O)N[C@H](C(=O)N[C@@H](CC(N)=O)C(=O)N[C@@H](CC(C)C)[C@H](O)CC(=O)N[C@@H](CC(=O)O)C(=O)N[C@@H](C)C(=O)N[C@@H](CCC(=O)O)C(=O)N[C@@H](Cc1ccccc1)C(=O)O)C(C)C. The van der Waals surface area contributed by atoms with Crippen LogP contribution < -0.4 is 86.3 Å². The molecular weight excluding hydrogens is 1550 g/mol. The van der Waals surface area contributed by atoms with Crippen molar-refractivity contribution in [2.24, 2.45) is 35.0 Å². The Kier molecular flexibility index (Phi) is 46.7. The van der Waals surface area contributed by atoms with Crippen LogP contribution in [0.15, 0.2) is 30.3 Å². The van der Waals surface area contributed by atoms with E-state index in [0.29, 0.717) is 24.9 Å². The molecular formula is C72H114N16O29. The number of amides is 14. The third-order valence-corrected chi connectivity index (χ3v) is 18.0. The Labute approximate surface area is 672 Å². The fraction of sp³-hybridized carbons (Fsp3) is 0.639. The van der Waals surface area contributed by atoms with Gasteiger partial charge in [-0.25, -0.2) is 4.79 Å². The number of primary amides is 1. The number of aliphatic hydroxyl groups is 3. The number of aliphatic hydroxyl groups excluding tert-OH is 3. The maximum absolute atomic E-state index is 14.2. The van der Waals surface area contributed by atoms with Gasteiger partial charge in [0.2, 0.25) is 82.7 Å². The van der Waals surface area contributed by atoms with Gasteiger partial charge in [0.05, 0.1) is 50.2 Å². The summed E-state index contributed by atoms with van der Waals surface area (Å²) in [5.74, 6) is -28.3. The van der Waals surface area contributed by atoms with E-state index in [2.05, 4.69) is 69.1 Å². The van der Waals surface area contributed by atoms with Crippen molar-refractivity contribution >= 4 is 119 Å². The first-order chi connectivity index (χ1) is 54.7. The van der Waals surface area contributed by atoms with Crippen LogP contribution in [0.25, 0.3) is 0 Å². The third-order valence-electron chi connectivity index (χ3n) is 18.0. The fourth-order valence-corrected chi connectivity index (χ4v) is 11.2. The van der Waals surface area contributed by atoms with E-state index in [1.54, 1.807) is 51.1 Å². The Hall–Kier alpha value is -11.6. The van der Waals surface area contributed by atoms with Gasteiger partial charge < -0.3 is 132 Å². The first-order valence-corrected chi connectivity index (χ1v) is 37.7. The minimum atomic E-state index is -2.05. The third kappa shape index (κ3) is 40.0. The zero-order valence-electron chi connectivity index (χ0n) is 66.2. The summed E-state index contributed by atoms with van der Waals surface area (Å²) in [5.41, 5.74) is 17.4. The zero-order valence-corrected chi connectivity index (χ0v) is 66.2. The Bertz CT molecular complexity index is 3610. The molecule has 0 aliphatic rings. The van der Waals surface area contributed by atoms with Crippen LogP contribution in [0.2, 0.25) is 0 Å². The van der Waals surface area contributed by atoms with Crippen LogP contribution in [0.5, 0.6) is 0 Å². The number of unbranched alkanes of at least 4 members (excludes halogenated alkanes) is 1. The minimum absolute atomic E-state index is 0.0650. The molecule has 656 valence electrons. The van der Waals surface area contributed by atoms with Crippen LogP contribution in [-0.4, -0.2) is 274 Å². The average Bonchev–Trinajstić information content (AvgIpc) is 0.857. The summed E-state index contributed by atoms with van der Waals surface area (Å²) in [6, 6.07) is -16.4. The standard InChI is InChI=1S/C72H114N16O29/c1-9-35(6)58(87-65(109)43(21-25-55(100)101)79-62(106)41(19-23-53(96)97)81-71(115)59(37(8)90)88-61(105)39(74)17-13-14-26-73)70(114)85-48(32-89)68(112)80-42(20-24-54(98)99)64(108)86-57(34(4)5)69(113)83-45(29-50(75)92)67(111)82-44(27-33(2)3)49(91)31-51(93)77-46(30-56(102)103)66(110)76-36(7)60(104)78-40(18-22-52(94)95)63(107)84-47(72(116)117)28-38-15-11-10-12-16-38/h10-12,15-16,33-37,39-49,57-59,89-91H,9,13-14,17-32,73-74H2,1-8H3,(H2,75,92)(H,76,110)(H,77,93)(H,78,104)(H,79,106)(H,80,112)(H,81,115)(H,82,111)(H,83,113)(H,84,107)(H,85,114)(H,86,108)(H,87,109)(H,88,105)(H,94,95)(H,96,97)(H,98,99)(H,100,101)(H,102,103)(H,116,117)/t35-,36-,37+,39-,40-,41-,42-,43-,44-,45-,46-,47-,48-,49+,57-,58-,59-/m0/s1. The maximum atomic E-state index is 14.2. The number of hydrogen-bond acceptors (Lipinski definition) is 25. The topological polar surface area (TPSA) is 758 Å². The first-order valence-electron chi connectivity index (χ1n) is 37.7. The number of carbonyl (C=O) groups is 20. The van der Waals surface area contributed by atoms with Gasteiger partial charge in [0.25, 0.3) is 0 Å². The molecule has 0 bridgehead atoms. The molecule has 0 spiro atoms. The molecule has 117 heavy (non-hydrogen) atoms. The molecule has 0 heterocycles. The lowest BCUT2D eigenvalue weighted by molar-refractivity contribution is -0.143. The molecule has 0 saturated heterocycles. The van der Waals surface area contributed by atoms with E-state index in [1.807, 2.05) is 0 Å². The lowest BCUT2D eigenvalue weighted by Gasteiger charge is -2.30. The summed E-state index contributed by atoms with van der Waals surface area (Å²) >= 11 is 0. The summed E-state index contributed by atoms with van der Waals surface area (Å²) in [7, 11) is 0. The molecule has 17 atom stereocenters. The highest BCUT2D eigenvalue weighted by atomic mass is 16.4. The molecule has 45 nitrogen and oxygen atoms in total. The number of hydrogen-bond donors (Lipinski definition) is 25. The zero-order chi connectivity index (χ0) is 89.3. The van der Waals surface area contributed by atoms with Crippen molar-refractivity contribution in [3.8, 4) is 0 Å². The molecule has 0 saturated carbocycles. The van der Waals surface area contributed by atoms with Crippen molar-refractivity contribution in [3.05, 3.63) is 35.9 Å². The fourth-order valence-electron chi connectivity index (χ4n) is 11.2. The molecule has 0 fully saturated rings. The Morgan fingerprint density at radius 1 is 0.402 bits per heavy atom. The quantitative estimate of drug-likeness (QED) is 0.0270. The predicted molar refractivity (Wildman–Crippen MR) is 406 cm³/mol. The van der Waals surface area contributed by atoms with Gasteiger partial charge in [-0.15, -0.1) is 0 Å². The average molecular weight is 1670 g/mol. The number of carboxylic acid groups (broad SMARTS) is 6. The second kappa shape index (κ2) is 52.8. The predicted octanol–water partition coefficient (Wildman–Crippen LogP) is -7.23. The van der Waals surface area contributed by atoms with Gasteiger partial charge in [0.15, 0.2) is 0 Å². The van der Waals surface area contributed by atoms with Crippen LogP contribution >= 0.6 is 0 Å². The highest BCUT2D eigenvalue weighted by Gasteiger charge is 2.40. The van der Waals surface area contributed by atoms with Gasteiger partial charge in [0.1, 0.15) is 72.5 Å². The summed E-state index contributed by atoms with van der Waals surface area (Å²) in [4.78, 5) is 263. The molecule has 1 aromatic rings. The molecule has 45 heteroatoms. The van der Waals surface area contributed by atoms with Gasteiger partial charge in [-0.1, -0.05) is 84.7 Å². The Morgan fingerprint density at radius 2 is 0.795 bits per heavy atom. The van der Waals surface area contributed by atoms with Crippen LogP contribution in [-0.2, 0) is 102 Å². The number of nitrogens with one attached hydrogen (secondary N) is 13. The van der Waals surface area contributed by atoms with E-state index in [-0.39, 0.29) is 25.7 Å². The largest absolute Gasteiger partial charge is 0.481 e. The molecule has 1 aromatic carbocycles. The van der Waals surface area contributed by atoms with Crippen LogP contribution in [0.1, 0.15) is 164 Å². The summed E-state index contributed by atoms with van der Waals surface area (Å²) in [6.07, 6.45) is -11.8. The number of benzene rings is 1. The monoisotopic (exact) mass is 1670 g/mol. The van der Waals surface area contributed by atoms with Crippen LogP contribution in [0.3, 0.4) is 0 Å². The smallest absolute Gasteiger partial charge is 0.326 e. The number of carbonyl (C=O) groups excluding carboxylic acids is 14. The second-order valence-electron chi connectivity index (χ2n) is 28.7. The first kappa shape index (κ1) is 103. The van der Waals surface area contributed by atoms with Crippen molar-refractivity contribution in [1.82, 2.24) is 69.1 Å². The normalized spacial score (nSPS) is 15.5. The molecule has 28 N–H and O–H groups in total. The van der Waals surface area contributed by atoms with E-state index >= 15 is 0 Å². The molecule has 0 radical (unpaired) electrons. The van der Waals surface area contributed by atoms with Crippen LogP contribution in [0, 0.1) is 17.8 Å². The lowest BCUT2D eigenvalue weighted by atomic mass is 9.96. The van der Waals surface area contributed by atoms with Crippen molar-refractivity contribution in [2.45, 2.75) is 261 Å². The van der Waals surface area contributed by atoms with E-state index < -0.39 is 310 Å². The van der Waals surface area contributed by atoms with E-state index in [1.165, 1.54) is 20.8 Å². The number of rotatable bonds is 58. The number of aliphatic carboxylic acids is 6. The second-order valence-corrected chi connectivity index (χ2v) is 28.7. The summed E-state index contributed by atoms with van der Waals surface area (Å²) < 4.78 is 0. The van der Waals surface area contributed by atoms with Gasteiger partial charge in [-0.05, 0) is 88.7 Å². The van der Waals surface area contributed by atoms with Crippen LogP contribution in [0.4, 0.5) is 0 Å². The highest BCUT2D eigenvalue weighted by Crippen LogP contribution is 2.17. The van der Waals surface area contributed by atoms with E-state index in [9.17, 15) is 142 Å².